The van der Waals surface area contributed by atoms with Gasteiger partial charge in [0.05, 0.1) is 22.3 Å². The number of anilines is 1. The van der Waals surface area contributed by atoms with Crippen molar-refractivity contribution in [3.63, 3.8) is 0 Å². The van der Waals surface area contributed by atoms with E-state index >= 15 is 0 Å². The van der Waals surface area contributed by atoms with Crippen LogP contribution >= 0.6 is 0 Å². The Labute approximate surface area is 153 Å². The van der Waals surface area contributed by atoms with Gasteiger partial charge in [-0.15, -0.1) is 0 Å². The summed E-state index contributed by atoms with van der Waals surface area (Å²) in [4.78, 5) is 38.3. The van der Waals surface area contributed by atoms with Gasteiger partial charge in [-0.1, -0.05) is 18.2 Å². The molecule has 0 aliphatic carbocycles. The molecule has 0 aliphatic rings. The van der Waals surface area contributed by atoms with Crippen LogP contribution in [0.1, 0.15) is 26.3 Å². The summed E-state index contributed by atoms with van der Waals surface area (Å²) in [5.41, 5.74) is 0.660. The molecule has 0 saturated heterocycles. The highest BCUT2D eigenvalue weighted by atomic mass is 19.1. The molecule has 0 bridgehead atoms. The van der Waals surface area contributed by atoms with Gasteiger partial charge in [0.1, 0.15) is 5.82 Å². The van der Waals surface area contributed by atoms with E-state index in [1.165, 1.54) is 42.5 Å². The van der Waals surface area contributed by atoms with Crippen LogP contribution in [-0.4, -0.2) is 28.9 Å². The molecule has 0 amide bonds. The second-order valence-corrected chi connectivity index (χ2v) is 5.81. The molecule has 7 heteroatoms. The quantitative estimate of drug-likeness (QED) is 0.475. The predicted octanol–water partition coefficient (Wildman–Crippen LogP) is 3.30. The molecule has 1 heterocycles. The van der Waals surface area contributed by atoms with Crippen LogP contribution in [0.25, 0.3) is 17.0 Å². The third kappa shape index (κ3) is 3.77. The number of benzene rings is 2. The van der Waals surface area contributed by atoms with E-state index < -0.39 is 23.1 Å². The van der Waals surface area contributed by atoms with E-state index in [2.05, 4.69) is 10.3 Å². The Morgan fingerprint density at radius 2 is 1.96 bits per heavy atom. The summed E-state index contributed by atoms with van der Waals surface area (Å²) in [5, 5.41) is 12.2. The van der Waals surface area contributed by atoms with Crippen LogP contribution in [0.5, 0.6) is 0 Å². The molecule has 0 saturated carbocycles. The van der Waals surface area contributed by atoms with Gasteiger partial charge in [0.15, 0.2) is 5.78 Å². The summed E-state index contributed by atoms with van der Waals surface area (Å²) in [7, 11) is 1.60. The molecule has 0 fully saturated rings. The number of fused-ring (bicyclic) bond motifs is 1. The molecule has 6 nitrogen and oxygen atoms in total. The molecule has 3 N–H and O–H groups in total. The number of carbonyl (C=O) groups excluding carboxylic acids is 1. The van der Waals surface area contributed by atoms with Gasteiger partial charge in [-0.25, -0.2) is 9.18 Å². The molecular formula is C20H15FN2O4. The molecule has 0 aliphatic heterocycles. The van der Waals surface area contributed by atoms with Gasteiger partial charge in [-0.05, 0) is 42.0 Å². The van der Waals surface area contributed by atoms with Crippen molar-refractivity contribution < 1.29 is 19.1 Å². The first-order valence-electron chi connectivity index (χ1n) is 7.99. The van der Waals surface area contributed by atoms with Crippen molar-refractivity contribution in [2.75, 3.05) is 12.4 Å². The van der Waals surface area contributed by atoms with Crippen molar-refractivity contribution in [2.24, 2.45) is 0 Å². The molecule has 3 rings (SSSR count). The molecule has 1 aromatic heterocycles. The molecule has 136 valence electrons. The zero-order valence-corrected chi connectivity index (χ0v) is 14.2. The minimum absolute atomic E-state index is 0.0863. The van der Waals surface area contributed by atoms with Crippen molar-refractivity contribution in [3.05, 3.63) is 81.4 Å². The number of allylic oxidation sites excluding steroid dienone is 1. The number of carboxylic acid groups (broad SMARTS) is 1. The number of nitrogens with one attached hydrogen (secondary N) is 2. The predicted molar refractivity (Wildman–Crippen MR) is 101 cm³/mol. The first-order chi connectivity index (χ1) is 12.9. The zero-order chi connectivity index (χ0) is 19.6. The Bertz CT molecular complexity index is 1150. The van der Waals surface area contributed by atoms with Gasteiger partial charge in [0.2, 0.25) is 0 Å². The minimum atomic E-state index is -1.08. The first kappa shape index (κ1) is 18.1. The van der Waals surface area contributed by atoms with E-state index in [9.17, 15) is 18.8 Å². The number of rotatable bonds is 5. The van der Waals surface area contributed by atoms with Crippen LogP contribution in [0.3, 0.4) is 0 Å². The number of carbonyl (C=O) groups is 2. The summed E-state index contributed by atoms with van der Waals surface area (Å²) < 4.78 is 13.7. The number of aromatic carboxylic acids is 1. The summed E-state index contributed by atoms with van der Waals surface area (Å²) in [6, 6.07) is 9.83. The smallest absolute Gasteiger partial charge is 0.335 e. The van der Waals surface area contributed by atoms with Crippen molar-refractivity contribution in [1.82, 2.24) is 4.98 Å². The second kappa shape index (κ2) is 7.25. The van der Waals surface area contributed by atoms with Crippen LogP contribution < -0.4 is 10.9 Å². The van der Waals surface area contributed by atoms with Crippen molar-refractivity contribution in [3.8, 4) is 0 Å². The molecule has 3 aromatic rings. The Balaban J connectivity index is 1.98. The van der Waals surface area contributed by atoms with Crippen LogP contribution in [0.15, 0.2) is 53.3 Å². The second-order valence-electron chi connectivity index (χ2n) is 5.81. The number of carboxylic acids is 1. The monoisotopic (exact) mass is 366 g/mol. The van der Waals surface area contributed by atoms with Gasteiger partial charge in [0, 0.05) is 12.4 Å². The minimum Gasteiger partial charge on any atom is -0.478 e. The fourth-order valence-corrected chi connectivity index (χ4v) is 2.70. The summed E-state index contributed by atoms with van der Waals surface area (Å²) in [5.74, 6) is -2.16. The lowest BCUT2D eigenvalue weighted by atomic mass is 10.1. The van der Waals surface area contributed by atoms with Gasteiger partial charge in [-0.3, -0.25) is 9.59 Å². The topological polar surface area (TPSA) is 99.3 Å². The number of H-pyrrole nitrogens is 1. The molecule has 0 radical (unpaired) electrons. The van der Waals surface area contributed by atoms with Gasteiger partial charge >= 0.3 is 5.97 Å². The average Bonchev–Trinajstić information content (AvgIpc) is 2.65. The number of pyridine rings is 1. The Morgan fingerprint density at radius 3 is 2.67 bits per heavy atom. The molecule has 0 spiro atoms. The van der Waals surface area contributed by atoms with Crippen molar-refractivity contribution in [2.45, 2.75) is 0 Å². The fourth-order valence-electron chi connectivity index (χ4n) is 2.70. The summed E-state index contributed by atoms with van der Waals surface area (Å²) >= 11 is 0. The van der Waals surface area contributed by atoms with Gasteiger partial charge < -0.3 is 15.4 Å². The van der Waals surface area contributed by atoms with Crippen molar-refractivity contribution in [1.29, 1.82) is 0 Å². The Kier molecular flexibility index (Phi) is 4.85. The van der Waals surface area contributed by atoms with Crippen molar-refractivity contribution >= 4 is 34.4 Å². The van der Waals surface area contributed by atoms with Crippen LogP contribution in [0, 0.1) is 5.82 Å². The Hall–Kier alpha value is -3.74. The number of aromatic amines is 1. The first-order valence-corrected chi connectivity index (χ1v) is 7.99. The fraction of sp³-hybridized carbons (Fsp3) is 0.0500. The number of ketones is 1. The lowest BCUT2D eigenvalue weighted by Crippen LogP contribution is -2.16. The van der Waals surface area contributed by atoms with Crippen LogP contribution in [-0.2, 0) is 0 Å². The third-order valence-corrected chi connectivity index (χ3v) is 4.01. The van der Waals surface area contributed by atoms with Gasteiger partial charge in [-0.2, -0.15) is 0 Å². The molecule has 0 atom stereocenters. The molecule has 2 aromatic carbocycles. The standard InChI is InChI=1S/C20H15FN2O4/c1-22-16-10-14(21)8-13-9-15(19(25)23-18(13)16)17(24)6-5-11-3-2-4-12(7-11)20(26)27/h2-10,22H,1H3,(H,23,25)(H,26,27)/b6-5+. The zero-order valence-electron chi connectivity index (χ0n) is 14.2. The number of halogens is 1. The SMILES string of the molecule is CNc1cc(F)cc2cc(C(=O)/C=C/c3cccc(C(=O)O)c3)c(=O)[nH]c12. The summed E-state index contributed by atoms with van der Waals surface area (Å²) in [6.07, 6.45) is 2.60. The largest absolute Gasteiger partial charge is 0.478 e. The Morgan fingerprint density at radius 1 is 1.19 bits per heavy atom. The highest BCUT2D eigenvalue weighted by Gasteiger charge is 2.12. The molecule has 0 unspecified atom stereocenters. The van der Waals surface area contributed by atoms with Crippen LogP contribution in [0.4, 0.5) is 10.1 Å². The summed E-state index contributed by atoms with van der Waals surface area (Å²) in [6.45, 7) is 0. The van der Waals surface area contributed by atoms with Crippen LogP contribution in [0.2, 0.25) is 0 Å². The maximum absolute atomic E-state index is 13.7. The third-order valence-electron chi connectivity index (χ3n) is 4.01. The normalized spacial score (nSPS) is 11.0. The van der Waals surface area contributed by atoms with E-state index in [1.807, 2.05) is 0 Å². The molecular weight excluding hydrogens is 351 g/mol. The number of hydrogen-bond acceptors (Lipinski definition) is 4. The highest BCUT2D eigenvalue weighted by Crippen LogP contribution is 2.22. The highest BCUT2D eigenvalue weighted by molar-refractivity contribution is 6.08. The maximum atomic E-state index is 13.7. The van der Waals surface area contributed by atoms with Gasteiger partial charge in [0.25, 0.3) is 5.56 Å². The van der Waals surface area contributed by atoms with E-state index in [4.69, 9.17) is 5.11 Å². The van der Waals surface area contributed by atoms with E-state index in [0.29, 0.717) is 22.2 Å². The number of aromatic nitrogens is 1. The lowest BCUT2D eigenvalue weighted by molar-refractivity contribution is 0.0696. The van der Waals surface area contributed by atoms with E-state index in [1.54, 1.807) is 19.2 Å². The molecule has 27 heavy (non-hydrogen) atoms. The van der Waals surface area contributed by atoms with E-state index in [0.717, 1.165) is 0 Å². The number of hydrogen-bond donors (Lipinski definition) is 3. The lowest BCUT2D eigenvalue weighted by Gasteiger charge is -2.07. The maximum Gasteiger partial charge on any atom is 0.335 e. The van der Waals surface area contributed by atoms with E-state index in [-0.39, 0.29) is 11.1 Å². The average molecular weight is 366 g/mol.